The normalized spacial score (nSPS) is 23.9. The van der Waals surface area contributed by atoms with E-state index in [1.807, 2.05) is 14.1 Å². The Bertz CT molecular complexity index is 341. The largest absolute Gasteiger partial charge is 0.355 e. The number of carbonyl (C=O) groups excluding carboxylic acids is 2. The van der Waals surface area contributed by atoms with Gasteiger partial charge in [0.1, 0.15) is 0 Å². The second kappa shape index (κ2) is 7.07. The van der Waals surface area contributed by atoms with Crippen LogP contribution < -0.4 is 5.32 Å². The van der Waals surface area contributed by atoms with Crippen molar-refractivity contribution in [1.82, 2.24) is 15.1 Å². The van der Waals surface area contributed by atoms with E-state index >= 15 is 0 Å². The van der Waals surface area contributed by atoms with Gasteiger partial charge < -0.3 is 15.1 Å². The van der Waals surface area contributed by atoms with Crippen molar-refractivity contribution < 1.29 is 9.59 Å². The Morgan fingerprint density at radius 1 is 1.20 bits per heavy atom. The van der Waals surface area contributed by atoms with Gasteiger partial charge in [0, 0.05) is 32.1 Å². The van der Waals surface area contributed by atoms with Crippen LogP contribution >= 0.6 is 0 Å². The molecule has 114 valence electrons. The zero-order valence-corrected chi connectivity index (χ0v) is 12.7. The van der Waals surface area contributed by atoms with Gasteiger partial charge in [-0.25, -0.2) is 0 Å². The Hall–Kier alpha value is -1.10. The topological polar surface area (TPSA) is 52.7 Å². The molecule has 0 aromatic rings. The lowest BCUT2D eigenvalue weighted by molar-refractivity contribution is -0.139. The summed E-state index contributed by atoms with van der Waals surface area (Å²) < 4.78 is 0. The number of hydrogen-bond donors (Lipinski definition) is 1. The number of nitrogens with zero attached hydrogens (tertiary/aromatic N) is 2. The monoisotopic (exact) mass is 281 g/mol. The quantitative estimate of drug-likeness (QED) is 0.812. The summed E-state index contributed by atoms with van der Waals surface area (Å²) in [6.45, 7) is 2.23. The second-order valence-electron chi connectivity index (χ2n) is 6.31. The standard InChI is InChI=1S/C15H27N3O2/c1-17(2)9-10-18(13-5-3-4-6-13)15(20)12-7-8-14(19)16-11-12/h12-13H,3-11H2,1-2H3,(H,16,19). The van der Waals surface area contributed by atoms with Gasteiger partial charge in [0.05, 0.1) is 5.92 Å². The fourth-order valence-electron chi connectivity index (χ4n) is 3.17. The molecule has 0 radical (unpaired) electrons. The van der Waals surface area contributed by atoms with Crippen molar-refractivity contribution >= 4 is 11.8 Å². The third-order valence-electron chi connectivity index (χ3n) is 4.45. The zero-order chi connectivity index (χ0) is 14.5. The average Bonchev–Trinajstić information content (AvgIpc) is 2.93. The molecule has 0 bridgehead atoms. The fourth-order valence-corrected chi connectivity index (χ4v) is 3.17. The van der Waals surface area contributed by atoms with Crippen LogP contribution in [-0.4, -0.2) is 61.4 Å². The van der Waals surface area contributed by atoms with E-state index in [0.29, 0.717) is 25.4 Å². The molecule has 1 unspecified atom stereocenters. The summed E-state index contributed by atoms with van der Waals surface area (Å²) in [4.78, 5) is 28.2. The van der Waals surface area contributed by atoms with Gasteiger partial charge in [0.15, 0.2) is 0 Å². The number of likely N-dealkylation sites (N-methyl/N-ethyl adjacent to an activating group) is 1. The predicted octanol–water partition coefficient (Wildman–Crippen LogP) is 0.845. The molecule has 1 aliphatic heterocycles. The molecule has 2 amide bonds. The van der Waals surface area contributed by atoms with Gasteiger partial charge in [0.25, 0.3) is 0 Å². The van der Waals surface area contributed by atoms with Gasteiger partial charge in [-0.05, 0) is 33.4 Å². The third kappa shape index (κ3) is 3.95. The molecule has 1 heterocycles. The first-order valence-electron chi connectivity index (χ1n) is 7.80. The van der Waals surface area contributed by atoms with E-state index in [2.05, 4.69) is 15.1 Å². The van der Waals surface area contributed by atoms with Gasteiger partial charge in [-0.1, -0.05) is 12.8 Å². The van der Waals surface area contributed by atoms with Gasteiger partial charge in [-0.15, -0.1) is 0 Å². The lowest BCUT2D eigenvalue weighted by Gasteiger charge is -2.34. The minimum Gasteiger partial charge on any atom is -0.355 e. The van der Waals surface area contributed by atoms with Crippen molar-refractivity contribution in [2.24, 2.45) is 5.92 Å². The van der Waals surface area contributed by atoms with Crippen LogP contribution in [0.3, 0.4) is 0 Å². The van der Waals surface area contributed by atoms with Crippen molar-refractivity contribution in [3.8, 4) is 0 Å². The van der Waals surface area contributed by atoms with Crippen LogP contribution in [0.2, 0.25) is 0 Å². The first-order valence-corrected chi connectivity index (χ1v) is 7.80. The molecular weight excluding hydrogens is 254 g/mol. The molecule has 1 saturated carbocycles. The molecule has 0 spiro atoms. The number of piperidine rings is 1. The van der Waals surface area contributed by atoms with Gasteiger partial charge in [-0.2, -0.15) is 0 Å². The summed E-state index contributed by atoms with van der Waals surface area (Å²) in [5, 5.41) is 2.83. The summed E-state index contributed by atoms with van der Waals surface area (Å²) in [6, 6.07) is 0.417. The van der Waals surface area contributed by atoms with Crippen LogP contribution in [-0.2, 0) is 9.59 Å². The van der Waals surface area contributed by atoms with Crippen molar-refractivity contribution in [2.45, 2.75) is 44.6 Å². The van der Waals surface area contributed by atoms with E-state index in [1.165, 1.54) is 12.8 Å². The Morgan fingerprint density at radius 2 is 1.90 bits per heavy atom. The van der Waals surface area contributed by atoms with E-state index in [9.17, 15) is 9.59 Å². The van der Waals surface area contributed by atoms with Crippen LogP contribution in [0.4, 0.5) is 0 Å². The molecule has 1 N–H and O–H groups in total. The number of hydrogen-bond acceptors (Lipinski definition) is 3. The molecule has 1 atom stereocenters. The van der Waals surface area contributed by atoms with E-state index in [4.69, 9.17) is 0 Å². The predicted molar refractivity (Wildman–Crippen MR) is 78.3 cm³/mol. The highest BCUT2D eigenvalue weighted by Crippen LogP contribution is 2.26. The van der Waals surface area contributed by atoms with Crippen molar-refractivity contribution in [1.29, 1.82) is 0 Å². The Morgan fingerprint density at radius 3 is 2.45 bits per heavy atom. The van der Waals surface area contributed by atoms with Crippen LogP contribution in [0.15, 0.2) is 0 Å². The SMILES string of the molecule is CN(C)CCN(C(=O)C1CCC(=O)NC1)C1CCCC1. The maximum absolute atomic E-state index is 12.8. The van der Waals surface area contributed by atoms with Crippen molar-refractivity contribution in [2.75, 3.05) is 33.7 Å². The van der Waals surface area contributed by atoms with E-state index in [-0.39, 0.29) is 17.7 Å². The fraction of sp³-hybridized carbons (Fsp3) is 0.867. The molecule has 1 saturated heterocycles. The van der Waals surface area contributed by atoms with Gasteiger partial charge in [0.2, 0.25) is 11.8 Å². The molecule has 0 aromatic carbocycles. The summed E-state index contributed by atoms with van der Waals surface area (Å²) in [5.41, 5.74) is 0. The minimum atomic E-state index is -0.0181. The van der Waals surface area contributed by atoms with Crippen LogP contribution in [0, 0.1) is 5.92 Å². The lowest BCUT2D eigenvalue weighted by Crippen LogP contribution is -2.49. The molecule has 20 heavy (non-hydrogen) atoms. The van der Waals surface area contributed by atoms with Crippen LogP contribution in [0.25, 0.3) is 0 Å². The Labute approximate surface area is 121 Å². The van der Waals surface area contributed by atoms with Crippen LogP contribution in [0.5, 0.6) is 0 Å². The van der Waals surface area contributed by atoms with Gasteiger partial charge >= 0.3 is 0 Å². The Kier molecular flexibility index (Phi) is 5.40. The van der Waals surface area contributed by atoms with E-state index in [0.717, 1.165) is 25.9 Å². The summed E-state index contributed by atoms with van der Waals surface area (Å²) in [5.74, 6) is 0.309. The molecule has 2 aliphatic rings. The van der Waals surface area contributed by atoms with Crippen LogP contribution in [0.1, 0.15) is 38.5 Å². The summed E-state index contributed by atoms with van der Waals surface area (Å²) in [6.07, 6.45) is 5.94. The molecule has 0 aromatic heterocycles. The number of amides is 2. The summed E-state index contributed by atoms with van der Waals surface area (Å²) >= 11 is 0. The first-order chi connectivity index (χ1) is 9.58. The Balaban J connectivity index is 1.96. The number of rotatable bonds is 5. The third-order valence-corrected chi connectivity index (χ3v) is 4.45. The minimum absolute atomic E-state index is 0.0181. The lowest BCUT2D eigenvalue weighted by atomic mass is 9.96. The van der Waals surface area contributed by atoms with E-state index < -0.39 is 0 Å². The van der Waals surface area contributed by atoms with Crippen molar-refractivity contribution in [3.05, 3.63) is 0 Å². The molecule has 5 nitrogen and oxygen atoms in total. The molecular formula is C15H27N3O2. The average molecular weight is 281 g/mol. The van der Waals surface area contributed by atoms with Gasteiger partial charge in [-0.3, -0.25) is 9.59 Å². The zero-order valence-electron chi connectivity index (χ0n) is 12.7. The molecule has 5 heteroatoms. The maximum atomic E-state index is 12.8. The first kappa shape index (κ1) is 15.3. The molecule has 1 aliphatic carbocycles. The highest BCUT2D eigenvalue weighted by molar-refractivity contribution is 5.84. The highest BCUT2D eigenvalue weighted by atomic mass is 16.2. The molecule has 2 fully saturated rings. The number of nitrogens with one attached hydrogen (secondary N) is 1. The second-order valence-corrected chi connectivity index (χ2v) is 6.31. The maximum Gasteiger partial charge on any atom is 0.227 e. The summed E-state index contributed by atoms with van der Waals surface area (Å²) in [7, 11) is 4.08. The van der Waals surface area contributed by atoms with Crippen molar-refractivity contribution in [3.63, 3.8) is 0 Å². The van der Waals surface area contributed by atoms with E-state index in [1.54, 1.807) is 0 Å². The highest BCUT2D eigenvalue weighted by Gasteiger charge is 2.33. The molecule has 2 rings (SSSR count). The number of carbonyl (C=O) groups is 2. The smallest absolute Gasteiger partial charge is 0.227 e.